The normalized spacial score (nSPS) is 10.9. The van der Waals surface area contributed by atoms with Crippen molar-refractivity contribution in [1.82, 2.24) is 24.7 Å². The minimum absolute atomic E-state index is 0.114. The van der Waals surface area contributed by atoms with Crippen molar-refractivity contribution in [1.29, 1.82) is 0 Å². The van der Waals surface area contributed by atoms with E-state index in [-0.39, 0.29) is 18.1 Å². The summed E-state index contributed by atoms with van der Waals surface area (Å²) in [6, 6.07) is 16.1. The largest absolute Gasteiger partial charge is 0.325 e. The lowest BCUT2D eigenvalue weighted by molar-refractivity contribution is -0.113. The number of hydrogen-bond donors (Lipinski definition) is 3. The predicted octanol–water partition coefficient (Wildman–Crippen LogP) is 3.18. The van der Waals surface area contributed by atoms with E-state index in [9.17, 15) is 14.4 Å². The van der Waals surface area contributed by atoms with Crippen LogP contribution in [0.25, 0.3) is 5.69 Å². The maximum Gasteiger partial charge on any atom is 0.325 e. The number of benzene rings is 2. The first-order chi connectivity index (χ1) is 16.4. The molecule has 174 valence electrons. The van der Waals surface area contributed by atoms with E-state index in [2.05, 4.69) is 32.4 Å². The third-order valence-corrected chi connectivity index (χ3v) is 6.11. The van der Waals surface area contributed by atoms with Gasteiger partial charge in [-0.3, -0.25) is 19.1 Å². The molecule has 2 aromatic heterocycles. The van der Waals surface area contributed by atoms with E-state index in [1.807, 2.05) is 24.3 Å². The van der Waals surface area contributed by atoms with Crippen LogP contribution in [0.3, 0.4) is 0 Å². The van der Waals surface area contributed by atoms with Gasteiger partial charge in [-0.05, 0) is 48.4 Å². The number of hydrogen-bond acceptors (Lipinski definition) is 6. The molecule has 11 heteroatoms. The van der Waals surface area contributed by atoms with Crippen LogP contribution >= 0.6 is 23.4 Å². The molecule has 0 fully saturated rings. The van der Waals surface area contributed by atoms with E-state index in [0.717, 1.165) is 17.8 Å². The zero-order valence-electron chi connectivity index (χ0n) is 18.2. The second-order valence-electron chi connectivity index (χ2n) is 7.39. The number of nitrogens with zero attached hydrogens (tertiary/aromatic N) is 3. The van der Waals surface area contributed by atoms with Crippen LogP contribution in [-0.2, 0) is 17.6 Å². The lowest BCUT2D eigenvalue weighted by Crippen LogP contribution is -2.23. The number of nitrogens with one attached hydrogen (secondary N) is 3. The predicted molar refractivity (Wildman–Crippen MR) is 132 cm³/mol. The molecule has 9 nitrogen and oxygen atoms in total. The SMILES string of the molecule is CCc1ccc(NC(=O)CSc2nnc(Cc3cc(=O)[nH]c(=O)[nH]3)n2-c2ccc(Cl)cc2)cc1. The second-order valence-corrected chi connectivity index (χ2v) is 8.77. The summed E-state index contributed by atoms with van der Waals surface area (Å²) in [5.74, 6) is 0.422. The number of aromatic amines is 2. The summed E-state index contributed by atoms with van der Waals surface area (Å²) in [5, 5.41) is 12.4. The van der Waals surface area contributed by atoms with Crippen LogP contribution in [0.4, 0.5) is 5.69 Å². The van der Waals surface area contributed by atoms with Gasteiger partial charge in [-0.1, -0.05) is 42.4 Å². The first-order valence-corrected chi connectivity index (χ1v) is 11.8. The van der Waals surface area contributed by atoms with Crippen molar-refractivity contribution in [2.45, 2.75) is 24.9 Å². The van der Waals surface area contributed by atoms with Gasteiger partial charge in [0, 0.05) is 34.6 Å². The molecular formula is C23H21ClN6O3S. The molecule has 0 saturated heterocycles. The number of halogens is 1. The zero-order chi connectivity index (χ0) is 24.1. The third kappa shape index (κ3) is 5.83. The van der Waals surface area contributed by atoms with E-state index in [1.165, 1.54) is 23.4 Å². The first-order valence-electron chi connectivity index (χ1n) is 10.5. The van der Waals surface area contributed by atoms with Crippen molar-refractivity contribution in [3.63, 3.8) is 0 Å². The van der Waals surface area contributed by atoms with Gasteiger partial charge in [-0.25, -0.2) is 4.79 Å². The lowest BCUT2D eigenvalue weighted by atomic mass is 10.1. The van der Waals surface area contributed by atoms with E-state index in [0.29, 0.717) is 21.7 Å². The standard InChI is InChI=1S/C23H21ClN6O3S/c1-2-14-3-7-16(8-4-14)25-21(32)13-34-23-29-28-19(11-17-12-20(31)27-22(33)26-17)30(23)18-9-5-15(24)6-10-18/h3-10,12H,2,11,13H2,1H3,(H,25,32)(H2,26,27,31,33). The summed E-state index contributed by atoms with van der Waals surface area (Å²) < 4.78 is 1.77. The Morgan fingerprint density at radius 3 is 2.47 bits per heavy atom. The van der Waals surface area contributed by atoms with Crippen molar-refractivity contribution in [3.05, 3.63) is 97.5 Å². The topological polar surface area (TPSA) is 126 Å². The molecule has 0 aliphatic heterocycles. The molecule has 0 bridgehead atoms. The van der Waals surface area contributed by atoms with Crippen LogP contribution in [0.5, 0.6) is 0 Å². The van der Waals surface area contributed by atoms with Crippen LogP contribution < -0.4 is 16.6 Å². The molecule has 4 aromatic rings. The summed E-state index contributed by atoms with van der Waals surface area (Å²) in [6.07, 6.45) is 1.09. The average Bonchev–Trinajstić information content (AvgIpc) is 3.20. The highest BCUT2D eigenvalue weighted by Crippen LogP contribution is 2.24. The molecule has 0 saturated carbocycles. The van der Waals surface area contributed by atoms with Gasteiger partial charge in [0.1, 0.15) is 5.82 Å². The number of anilines is 1. The molecule has 4 rings (SSSR count). The third-order valence-electron chi connectivity index (χ3n) is 4.93. The fourth-order valence-electron chi connectivity index (χ4n) is 3.29. The Labute approximate surface area is 203 Å². The Hall–Kier alpha value is -3.63. The number of thioether (sulfide) groups is 1. The number of carbonyl (C=O) groups excluding carboxylic acids is 1. The van der Waals surface area contributed by atoms with Gasteiger partial charge < -0.3 is 10.3 Å². The first kappa shape index (κ1) is 23.5. The molecule has 0 atom stereocenters. The van der Waals surface area contributed by atoms with Gasteiger partial charge in [0.2, 0.25) is 5.91 Å². The van der Waals surface area contributed by atoms with Gasteiger partial charge in [0.05, 0.1) is 5.75 Å². The van der Waals surface area contributed by atoms with Crippen LogP contribution in [0.2, 0.25) is 5.02 Å². The van der Waals surface area contributed by atoms with Gasteiger partial charge in [0.15, 0.2) is 5.16 Å². The minimum Gasteiger partial charge on any atom is -0.325 e. The molecule has 3 N–H and O–H groups in total. The molecule has 2 aromatic carbocycles. The summed E-state index contributed by atoms with van der Waals surface area (Å²) in [7, 11) is 0. The number of aryl methyl sites for hydroxylation is 1. The smallest absolute Gasteiger partial charge is 0.325 e. The van der Waals surface area contributed by atoms with Gasteiger partial charge in [-0.15, -0.1) is 10.2 Å². The lowest BCUT2D eigenvalue weighted by Gasteiger charge is -2.11. The summed E-state index contributed by atoms with van der Waals surface area (Å²) in [5.41, 5.74) is 1.93. The van der Waals surface area contributed by atoms with Crippen LogP contribution in [0, 0.1) is 0 Å². The van der Waals surface area contributed by atoms with Crippen molar-refractivity contribution < 1.29 is 4.79 Å². The van der Waals surface area contributed by atoms with Crippen molar-refractivity contribution in [2.24, 2.45) is 0 Å². The Balaban J connectivity index is 1.56. The zero-order valence-corrected chi connectivity index (χ0v) is 19.7. The van der Waals surface area contributed by atoms with E-state index < -0.39 is 11.2 Å². The van der Waals surface area contributed by atoms with Crippen molar-refractivity contribution >= 4 is 35.0 Å². The molecule has 0 spiro atoms. The van der Waals surface area contributed by atoms with Crippen LogP contribution in [0.15, 0.2) is 69.3 Å². The Morgan fingerprint density at radius 2 is 1.79 bits per heavy atom. The molecular weight excluding hydrogens is 476 g/mol. The number of rotatable bonds is 8. The highest BCUT2D eigenvalue weighted by atomic mass is 35.5. The number of H-pyrrole nitrogens is 2. The minimum atomic E-state index is -0.599. The maximum absolute atomic E-state index is 12.5. The van der Waals surface area contributed by atoms with E-state index in [4.69, 9.17) is 11.6 Å². The molecule has 0 radical (unpaired) electrons. The van der Waals surface area contributed by atoms with E-state index in [1.54, 1.807) is 28.8 Å². The quantitative estimate of drug-likeness (QED) is 0.322. The van der Waals surface area contributed by atoms with Crippen molar-refractivity contribution in [2.75, 3.05) is 11.1 Å². The van der Waals surface area contributed by atoms with Gasteiger partial charge in [-0.2, -0.15) is 0 Å². The Kier molecular flexibility index (Phi) is 7.29. The molecule has 1 amide bonds. The Bertz CT molecular complexity index is 1380. The summed E-state index contributed by atoms with van der Waals surface area (Å²) >= 11 is 7.26. The highest BCUT2D eigenvalue weighted by molar-refractivity contribution is 7.99. The molecule has 0 aliphatic rings. The molecule has 34 heavy (non-hydrogen) atoms. The van der Waals surface area contributed by atoms with Crippen molar-refractivity contribution in [3.8, 4) is 5.69 Å². The second kappa shape index (κ2) is 10.5. The maximum atomic E-state index is 12.5. The molecule has 0 unspecified atom stereocenters. The monoisotopic (exact) mass is 496 g/mol. The molecule has 2 heterocycles. The summed E-state index contributed by atoms with van der Waals surface area (Å²) in [4.78, 5) is 40.6. The number of aromatic nitrogens is 5. The van der Waals surface area contributed by atoms with Crippen LogP contribution in [0.1, 0.15) is 24.0 Å². The van der Waals surface area contributed by atoms with E-state index >= 15 is 0 Å². The highest BCUT2D eigenvalue weighted by Gasteiger charge is 2.17. The summed E-state index contributed by atoms with van der Waals surface area (Å²) in [6.45, 7) is 2.07. The van der Waals surface area contributed by atoms with Gasteiger partial charge >= 0.3 is 5.69 Å². The number of carbonyl (C=O) groups is 1. The van der Waals surface area contributed by atoms with Crippen LogP contribution in [-0.4, -0.2) is 36.4 Å². The fourth-order valence-corrected chi connectivity index (χ4v) is 4.19. The van der Waals surface area contributed by atoms with Gasteiger partial charge in [0.25, 0.3) is 5.56 Å². The average molecular weight is 497 g/mol. The fraction of sp³-hybridized carbons (Fsp3) is 0.174. The molecule has 0 aliphatic carbocycles. The Morgan fingerprint density at radius 1 is 1.06 bits per heavy atom. The number of amides is 1.